The van der Waals surface area contributed by atoms with E-state index in [4.69, 9.17) is 4.89 Å². The fourth-order valence-electron chi connectivity index (χ4n) is 0.574. The minimum absolute atomic E-state index is 0. The van der Waals surface area contributed by atoms with E-state index in [0.717, 1.165) is 12.8 Å². The summed E-state index contributed by atoms with van der Waals surface area (Å²) >= 11 is 0. The van der Waals surface area contributed by atoms with E-state index in [1.165, 1.54) is 0 Å². The van der Waals surface area contributed by atoms with Gasteiger partial charge in [-0.15, -0.1) is 0 Å². The molecule has 62 valence electrons. The quantitative estimate of drug-likeness (QED) is 0.511. The maximum atomic E-state index is 10.2. The monoisotopic (exact) mass is 180 g/mol. The highest BCUT2D eigenvalue weighted by Crippen LogP contribution is 2.18. The first-order chi connectivity index (χ1) is 4.16. The van der Waals surface area contributed by atoms with Gasteiger partial charge in [0.2, 0.25) is 0 Å². The van der Waals surface area contributed by atoms with Gasteiger partial charge >= 0.3 is 0 Å². The van der Waals surface area contributed by atoms with E-state index < -0.39 is 8.03 Å². The summed E-state index contributed by atoms with van der Waals surface area (Å²) in [6.45, 7) is 4.20. The molecular weight excluding hydrogens is 162 g/mol. The summed E-state index contributed by atoms with van der Waals surface area (Å²) in [5.41, 5.74) is 0. The Hall–Kier alpha value is 0.722. The van der Waals surface area contributed by atoms with Crippen LogP contribution >= 0.6 is 8.03 Å². The number of rotatable bonds is 4. The highest BCUT2D eigenvalue weighted by Gasteiger charge is 1.99. The zero-order valence-electron chi connectivity index (χ0n) is 6.05. The molecule has 0 bridgehead atoms. The molecule has 2 atom stereocenters. The second-order valence-electron chi connectivity index (χ2n) is 2.45. The van der Waals surface area contributed by atoms with Crippen LogP contribution in [0.4, 0.5) is 0 Å². The smallest absolute Gasteiger partial charge is 0.189 e. The molecule has 0 aromatic rings. The van der Waals surface area contributed by atoms with Crippen molar-refractivity contribution in [1.29, 1.82) is 0 Å². The van der Waals surface area contributed by atoms with Gasteiger partial charge in [0, 0.05) is 6.16 Å². The van der Waals surface area contributed by atoms with Crippen molar-refractivity contribution >= 4 is 25.4 Å². The molecule has 0 amide bonds. The second-order valence-corrected chi connectivity index (χ2v) is 3.73. The third-order valence-electron chi connectivity index (χ3n) is 1.55. The van der Waals surface area contributed by atoms with Crippen LogP contribution in [0.25, 0.3) is 0 Å². The maximum absolute atomic E-state index is 10.2. The van der Waals surface area contributed by atoms with Gasteiger partial charge in [-0.3, -0.25) is 4.57 Å². The van der Waals surface area contributed by atoms with Gasteiger partial charge in [0.15, 0.2) is 25.4 Å². The fraction of sp³-hybridized carbons (Fsp3) is 1.00. The lowest BCUT2D eigenvalue weighted by molar-refractivity contribution is 0.484. The SMILES string of the molecule is CCC(C)CC[PH](=O)O.[AlH3]. The van der Waals surface area contributed by atoms with Crippen molar-refractivity contribution in [1.82, 2.24) is 0 Å². The van der Waals surface area contributed by atoms with E-state index in [1.54, 1.807) is 0 Å². The van der Waals surface area contributed by atoms with Gasteiger partial charge < -0.3 is 4.89 Å². The van der Waals surface area contributed by atoms with E-state index in [2.05, 4.69) is 13.8 Å². The van der Waals surface area contributed by atoms with Crippen LogP contribution in [-0.2, 0) is 4.57 Å². The predicted molar refractivity (Wildman–Crippen MR) is 50.1 cm³/mol. The molecule has 0 heterocycles. The molecule has 0 aromatic carbocycles. The summed E-state index contributed by atoms with van der Waals surface area (Å²) in [5, 5.41) is 0. The Kier molecular flexibility index (Phi) is 10.4. The standard InChI is InChI=1S/C6H15O2P.Al.3H/c1-3-6(2)4-5-9(7)8;;;;/h6,9H,3-5H2,1-2H3,(H,7,8);;;;. The molecule has 4 heteroatoms. The Labute approximate surface area is 74.0 Å². The molecule has 2 unspecified atom stereocenters. The third kappa shape index (κ3) is 8.72. The minimum atomic E-state index is -2.19. The topological polar surface area (TPSA) is 37.3 Å². The summed E-state index contributed by atoms with van der Waals surface area (Å²) in [6.07, 6.45) is 2.50. The van der Waals surface area contributed by atoms with Gasteiger partial charge in [-0.2, -0.15) is 0 Å². The highest BCUT2D eigenvalue weighted by molar-refractivity contribution is 7.37. The maximum Gasteiger partial charge on any atom is 0.189 e. The van der Waals surface area contributed by atoms with E-state index in [1.807, 2.05) is 0 Å². The molecule has 0 rings (SSSR count). The molecule has 0 fully saturated rings. The van der Waals surface area contributed by atoms with Gasteiger partial charge in [0.1, 0.15) is 0 Å². The van der Waals surface area contributed by atoms with Crippen molar-refractivity contribution in [2.45, 2.75) is 26.7 Å². The summed E-state index contributed by atoms with van der Waals surface area (Å²) in [5.74, 6) is 0.603. The van der Waals surface area contributed by atoms with Crippen LogP contribution in [0.5, 0.6) is 0 Å². The fourth-order valence-corrected chi connectivity index (χ4v) is 1.31. The van der Waals surface area contributed by atoms with Crippen molar-refractivity contribution in [3.8, 4) is 0 Å². The summed E-state index contributed by atoms with van der Waals surface area (Å²) in [7, 11) is -2.19. The molecule has 0 aromatic heterocycles. The lowest BCUT2D eigenvalue weighted by atomic mass is 10.1. The van der Waals surface area contributed by atoms with Crippen LogP contribution in [-0.4, -0.2) is 28.4 Å². The van der Waals surface area contributed by atoms with Crippen molar-refractivity contribution in [2.24, 2.45) is 5.92 Å². The molecule has 0 spiro atoms. The largest absolute Gasteiger partial charge is 0.346 e. The molecule has 0 saturated heterocycles. The van der Waals surface area contributed by atoms with E-state index >= 15 is 0 Å². The molecular formula is C6H18AlO2P. The molecule has 0 saturated carbocycles. The van der Waals surface area contributed by atoms with Crippen LogP contribution < -0.4 is 0 Å². The summed E-state index contributed by atoms with van der Waals surface area (Å²) in [4.78, 5) is 8.44. The molecule has 0 radical (unpaired) electrons. The number of hydrogen-bond acceptors (Lipinski definition) is 1. The first kappa shape index (κ1) is 13.3. The molecule has 0 aliphatic heterocycles. The van der Waals surface area contributed by atoms with Crippen LogP contribution in [0.1, 0.15) is 26.7 Å². The molecule has 0 aliphatic carbocycles. The first-order valence-electron chi connectivity index (χ1n) is 3.38. The average molecular weight is 180 g/mol. The Morgan fingerprint density at radius 2 is 2.10 bits per heavy atom. The number of hydrogen-bond donors (Lipinski definition) is 1. The highest BCUT2D eigenvalue weighted by atomic mass is 31.1. The van der Waals surface area contributed by atoms with E-state index in [9.17, 15) is 4.57 Å². The molecule has 10 heavy (non-hydrogen) atoms. The van der Waals surface area contributed by atoms with Crippen LogP contribution in [0.2, 0.25) is 0 Å². The van der Waals surface area contributed by atoms with Gasteiger partial charge in [-0.25, -0.2) is 0 Å². The molecule has 0 aliphatic rings. The Bertz CT molecular complexity index is 97.7. The third-order valence-corrected chi connectivity index (χ3v) is 2.26. The average Bonchev–Trinajstić information content (AvgIpc) is 1.83. The van der Waals surface area contributed by atoms with Crippen molar-refractivity contribution < 1.29 is 9.46 Å². The summed E-state index contributed by atoms with van der Waals surface area (Å²) in [6, 6.07) is 0. The van der Waals surface area contributed by atoms with Crippen molar-refractivity contribution in [2.75, 3.05) is 6.16 Å². The van der Waals surface area contributed by atoms with Crippen LogP contribution in [0, 0.1) is 5.92 Å². The zero-order valence-corrected chi connectivity index (χ0v) is 7.05. The summed E-state index contributed by atoms with van der Waals surface area (Å²) < 4.78 is 10.2. The van der Waals surface area contributed by atoms with E-state index in [0.29, 0.717) is 12.1 Å². The van der Waals surface area contributed by atoms with Gasteiger partial charge in [-0.05, 0) is 12.3 Å². The van der Waals surface area contributed by atoms with Crippen LogP contribution in [0.3, 0.4) is 0 Å². The Morgan fingerprint density at radius 1 is 1.60 bits per heavy atom. The first-order valence-corrected chi connectivity index (χ1v) is 4.94. The zero-order chi connectivity index (χ0) is 7.28. The Morgan fingerprint density at radius 3 is 2.40 bits per heavy atom. The molecule has 1 N–H and O–H groups in total. The van der Waals surface area contributed by atoms with Gasteiger partial charge in [0.25, 0.3) is 0 Å². The van der Waals surface area contributed by atoms with Gasteiger partial charge in [-0.1, -0.05) is 20.3 Å². The molecule has 2 nitrogen and oxygen atoms in total. The second kappa shape index (κ2) is 7.83. The lowest BCUT2D eigenvalue weighted by Crippen LogP contribution is -1.92. The van der Waals surface area contributed by atoms with E-state index in [-0.39, 0.29) is 17.4 Å². The lowest BCUT2D eigenvalue weighted by Gasteiger charge is -2.04. The van der Waals surface area contributed by atoms with Crippen LogP contribution in [0.15, 0.2) is 0 Å². The van der Waals surface area contributed by atoms with Gasteiger partial charge in [0.05, 0.1) is 0 Å². The predicted octanol–water partition coefficient (Wildman–Crippen LogP) is 0.706. The minimum Gasteiger partial charge on any atom is -0.346 e. The van der Waals surface area contributed by atoms with Crippen molar-refractivity contribution in [3.63, 3.8) is 0 Å². The Balaban J connectivity index is 0. The normalized spacial score (nSPS) is 15.5. The van der Waals surface area contributed by atoms with Crippen molar-refractivity contribution in [3.05, 3.63) is 0 Å².